The van der Waals surface area contributed by atoms with Crippen molar-refractivity contribution in [2.75, 3.05) is 26.4 Å². The Labute approximate surface area is 226 Å². The van der Waals surface area contributed by atoms with E-state index >= 15 is 0 Å². The minimum atomic E-state index is -4.09. The van der Waals surface area contributed by atoms with Crippen LogP contribution in [0.25, 0.3) is 20.8 Å². The van der Waals surface area contributed by atoms with E-state index in [0.29, 0.717) is 25.2 Å². The molecule has 0 aliphatic carbocycles. The van der Waals surface area contributed by atoms with Crippen LogP contribution in [0.15, 0.2) is 47.4 Å². The summed E-state index contributed by atoms with van der Waals surface area (Å²) < 4.78 is 43.6. The van der Waals surface area contributed by atoms with E-state index in [1.165, 1.54) is 17.4 Å². The van der Waals surface area contributed by atoms with Gasteiger partial charge in [-0.1, -0.05) is 6.92 Å². The quantitative estimate of drug-likeness (QED) is 0.377. The summed E-state index contributed by atoms with van der Waals surface area (Å²) in [5.41, 5.74) is 4.01. The van der Waals surface area contributed by atoms with Crippen LogP contribution in [0.3, 0.4) is 0 Å². The second kappa shape index (κ2) is 11.7. The first-order valence-corrected chi connectivity index (χ1v) is 15.3. The van der Waals surface area contributed by atoms with Gasteiger partial charge in [-0.3, -0.25) is 4.79 Å². The number of benzene rings is 2. The number of carbonyl (C=O) groups is 1. The summed E-state index contributed by atoms with van der Waals surface area (Å²) in [6, 6.07) is 12.5. The Morgan fingerprint density at radius 2 is 1.92 bits per heavy atom. The molecule has 204 valence electrons. The summed E-state index contributed by atoms with van der Waals surface area (Å²) in [7, 11) is -4.09. The van der Waals surface area contributed by atoms with Crippen LogP contribution in [0.4, 0.5) is 0 Å². The second-order valence-corrected chi connectivity index (χ2v) is 12.8. The molecule has 3 aromatic rings. The Morgan fingerprint density at radius 1 is 1.13 bits per heavy atom. The van der Waals surface area contributed by atoms with Gasteiger partial charge in [-0.2, -0.15) is 0 Å². The van der Waals surface area contributed by atoms with Crippen LogP contribution in [-0.2, 0) is 28.9 Å². The van der Waals surface area contributed by atoms with Crippen molar-refractivity contribution in [3.8, 4) is 16.3 Å². The first kappa shape index (κ1) is 27.0. The van der Waals surface area contributed by atoms with E-state index in [4.69, 9.17) is 24.0 Å². The van der Waals surface area contributed by atoms with Gasteiger partial charge in [0.25, 0.3) is 5.91 Å². The maximum atomic E-state index is 14.0. The lowest BCUT2D eigenvalue weighted by atomic mass is 9.98. The lowest BCUT2D eigenvalue weighted by molar-refractivity contribution is -0.202. The molecule has 2 fully saturated rings. The van der Waals surface area contributed by atoms with Gasteiger partial charge >= 0.3 is 0 Å². The third-order valence-electron chi connectivity index (χ3n) is 6.89. The number of ether oxygens (including phenoxy) is 3. The van der Waals surface area contributed by atoms with E-state index in [1.54, 1.807) is 12.1 Å². The zero-order valence-electron chi connectivity index (χ0n) is 21.3. The number of hydrogen-bond acceptors (Lipinski definition) is 9. The van der Waals surface area contributed by atoms with Gasteiger partial charge in [0, 0.05) is 31.8 Å². The summed E-state index contributed by atoms with van der Waals surface area (Å²) in [5.74, 6) is 0.106. The molecule has 1 unspecified atom stereocenters. The zero-order chi connectivity index (χ0) is 26.6. The summed E-state index contributed by atoms with van der Waals surface area (Å²) in [4.78, 5) is 23.6. The van der Waals surface area contributed by atoms with Crippen LogP contribution in [0, 0.1) is 0 Å². The minimum Gasteiger partial charge on any atom is -0.494 e. The maximum Gasteiger partial charge on any atom is 0.265 e. The second-order valence-electron chi connectivity index (χ2n) is 9.48. The van der Waals surface area contributed by atoms with Gasteiger partial charge in [0.15, 0.2) is 20.9 Å². The molecule has 2 aliphatic rings. The van der Waals surface area contributed by atoms with Crippen LogP contribution < -0.4 is 10.2 Å². The van der Waals surface area contributed by atoms with Crippen LogP contribution >= 0.6 is 11.3 Å². The molecule has 0 bridgehead atoms. The fraction of sp³-hybridized carbons (Fsp3) is 0.481. The van der Waals surface area contributed by atoms with Crippen LogP contribution in [0.2, 0.25) is 0 Å². The molecule has 0 spiro atoms. The molecule has 3 heterocycles. The molecule has 1 N–H and O–H groups in total. The molecule has 1 amide bonds. The number of nitrogens with zero attached hydrogens (tertiary/aromatic N) is 1. The van der Waals surface area contributed by atoms with Crippen LogP contribution in [-0.4, -0.2) is 56.8 Å². The maximum absolute atomic E-state index is 14.0. The van der Waals surface area contributed by atoms with Crippen LogP contribution in [0.1, 0.15) is 45.4 Å². The molecule has 5 rings (SSSR count). The van der Waals surface area contributed by atoms with Crippen molar-refractivity contribution >= 4 is 37.3 Å². The predicted octanol–water partition coefficient (Wildman–Crippen LogP) is 4.65. The lowest BCUT2D eigenvalue weighted by Gasteiger charge is -2.35. The van der Waals surface area contributed by atoms with Crippen molar-refractivity contribution in [3.63, 3.8) is 0 Å². The summed E-state index contributed by atoms with van der Waals surface area (Å²) in [6.45, 7) is 3.59. The van der Waals surface area contributed by atoms with Gasteiger partial charge < -0.3 is 14.2 Å². The van der Waals surface area contributed by atoms with Crippen LogP contribution in [0.5, 0.6) is 5.75 Å². The number of hydrogen-bond donors (Lipinski definition) is 1. The molecular weight excluding hydrogens is 528 g/mol. The molecule has 2 aromatic carbocycles. The molecule has 9 nitrogen and oxygen atoms in total. The molecule has 1 aromatic heterocycles. The van der Waals surface area contributed by atoms with Crippen molar-refractivity contribution in [2.24, 2.45) is 0 Å². The number of hydroxylamine groups is 1. The summed E-state index contributed by atoms with van der Waals surface area (Å²) in [6.07, 6.45) is 2.93. The van der Waals surface area contributed by atoms with Gasteiger partial charge in [-0.05, 0) is 74.6 Å². The summed E-state index contributed by atoms with van der Waals surface area (Å²) in [5, 5.41) is 0.774. The Bertz CT molecular complexity index is 1360. The van der Waals surface area contributed by atoms with Gasteiger partial charge in [0.05, 0.1) is 21.7 Å². The summed E-state index contributed by atoms with van der Waals surface area (Å²) >= 11 is 1.40. The molecular formula is C27H32N2O7S2. The predicted molar refractivity (Wildman–Crippen MR) is 144 cm³/mol. The third-order valence-corrected chi connectivity index (χ3v) is 10.5. The van der Waals surface area contributed by atoms with E-state index in [-0.39, 0.29) is 31.0 Å². The van der Waals surface area contributed by atoms with E-state index in [0.717, 1.165) is 40.3 Å². The standard InChI is InChI=1S/C27H32N2O7S2/c1-2-14-34-20-8-6-19(7-9-20)25-28-22-11-10-21(18-23(22)37-25)38(31,32)27(12-16-33-17-13-27)26(30)29-36-24-5-3-4-15-35-24/h6-11,18,24H,2-5,12-17H2,1H3,(H,29,30). The van der Waals surface area contributed by atoms with E-state index in [2.05, 4.69) is 12.4 Å². The first-order valence-electron chi connectivity index (χ1n) is 13.0. The van der Waals surface area contributed by atoms with Gasteiger partial charge in [-0.15, -0.1) is 11.3 Å². The molecule has 2 aliphatic heterocycles. The van der Waals surface area contributed by atoms with Gasteiger partial charge in [-0.25, -0.2) is 23.7 Å². The number of aromatic nitrogens is 1. The zero-order valence-corrected chi connectivity index (χ0v) is 22.9. The van der Waals surface area contributed by atoms with Crippen molar-refractivity contribution in [1.82, 2.24) is 10.5 Å². The Hall–Kier alpha value is -2.57. The number of rotatable bonds is 9. The molecule has 0 radical (unpaired) electrons. The van der Waals surface area contributed by atoms with Crippen molar-refractivity contribution in [3.05, 3.63) is 42.5 Å². The number of amides is 1. The van der Waals surface area contributed by atoms with Crippen molar-refractivity contribution in [2.45, 2.75) is 61.4 Å². The minimum absolute atomic E-state index is 0.0362. The number of thiazole rings is 1. The van der Waals surface area contributed by atoms with E-state index in [1.807, 2.05) is 24.3 Å². The van der Waals surface area contributed by atoms with Crippen molar-refractivity contribution in [1.29, 1.82) is 0 Å². The molecule has 1 atom stereocenters. The lowest BCUT2D eigenvalue weighted by Crippen LogP contribution is -2.56. The largest absolute Gasteiger partial charge is 0.494 e. The Balaban J connectivity index is 1.40. The molecule has 11 heteroatoms. The number of sulfone groups is 1. The van der Waals surface area contributed by atoms with E-state index in [9.17, 15) is 13.2 Å². The first-order chi connectivity index (χ1) is 18.4. The highest BCUT2D eigenvalue weighted by atomic mass is 32.2. The van der Waals surface area contributed by atoms with Gasteiger partial charge in [0.2, 0.25) is 0 Å². The highest BCUT2D eigenvalue weighted by Crippen LogP contribution is 2.38. The fourth-order valence-electron chi connectivity index (χ4n) is 4.67. The smallest absolute Gasteiger partial charge is 0.265 e. The number of fused-ring (bicyclic) bond motifs is 1. The third kappa shape index (κ3) is 5.43. The Morgan fingerprint density at radius 3 is 2.63 bits per heavy atom. The fourth-order valence-corrected chi connectivity index (χ4v) is 7.72. The topological polar surface area (TPSA) is 113 Å². The highest BCUT2D eigenvalue weighted by Gasteiger charge is 2.52. The van der Waals surface area contributed by atoms with E-state index < -0.39 is 26.8 Å². The average molecular weight is 561 g/mol. The molecule has 0 saturated carbocycles. The number of carbonyl (C=O) groups excluding carboxylic acids is 1. The number of nitrogens with one attached hydrogen (secondary N) is 1. The SMILES string of the molecule is CCCOc1ccc(-c2nc3ccc(S(=O)(=O)C4(C(=O)NOC5CCCCO5)CCOCC4)cc3s2)cc1. The van der Waals surface area contributed by atoms with Crippen molar-refractivity contribution < 1.29 is 32.3 Å². The highest BCUT2D eigenvalue weighted by molar-refractivity contribution is 7.93. The molecule has 2 saturated heterocycles. The normalized spacial score (nSPS) is 19.8. The Kier molecular flexibility index (Phi) is 8.29. The average Bonchev–Trinajstić information content (AvgIpc) is 3.39. The van der Waals surface area contributed by atoms with Gasteiger partial charge in [0.1, 0.15) is 10.8 Å². The molecule has 38 heavy (non-hydrogen) atoms. The monoisotopic (exact) mass is 560 g/mol.